The predicted octanol–water partition coefficient (Wildman–Crippen LogP) is 5.27. The van der Waals surface area contributed by atoms with Crippen molar-refractivity contribution in [3.63, 3.8) is 0 Å². The Morgan fingerprint density at radius 3 is 2.19 bits per heavy atom. The molecule has 0 unspecified atom stereocenters. The van der Waals surface area contributed by atoms with Crippen molar-refractivity contribution in [1.29, 1.82) is 0 Å². The van der Waals surface area contributed by atoms with E-state index in [4.69, 9.17) is 46.4 Å². The van der Waals surface area contributed by atoms with E-state index in [9.17, 15) is 0 Å². The van der Waals surface area contributed by atoms with Crippen LogP contribution in [-0.2, 0) is 4.33 Å². The monoisotopic (exact) mass is 292 g/mol. The Morgan fingerprint density at radius 1 is 0.875 bits per heavy atom. The molecule has 0 aromatic heterocycles. The average Bonchev–Trinajstić information content (AvgIpc) is 2.28. The number of hydrogen-bond acceptors (Lipinski definition) is 0. The van der Waals surface area contributed by atoms with Crippen LogP contribution in [0.3, 0.4) is 0 Å². The van der Waals surface area contributed by atoms with Gasteiger partial charge in [0.15, 0.2) is 4.33 Å². The van der Waals surface area contributed by atoms with E-state index in [-0.39, 0.29) is 0 Å². The summed E-state index contributed by atoms with van der Waals surface area (Å²) < 4.78 is -1.30. The van der Waals surface area contributed by atoms with Gasteiger partial charge in [0.1, 0.15) is 4.84 Å². The van der Waals surface area contributed by atoms with Crippen LogP contribution < -0.4 is 0 Å². The normalized spacial score (nSPS) is 12.3. The van der Waals surface area contributed by atoms with E-state index in [0.717, 1.165) is 16.3 Å². The molecule has 2 aromatic rings. The van der Waals surface area contributed by atoms with Crippen molar-refractivity contribution >= 4 is 57.2 Å². The first-order chi connectivity index (χ1) is 7.53. The third-order valence-electron chi connectivity index (χ3n) is 2.42. The molecular formula is C12H8Cl4. The number of fused-ring (bicyclic) bond motifs is 1. The Balaban J connectivity index is 2.70. The summed E-state index contributed by atoms with van der Waals surface area (Å²) in [6, 6.07) is 13.5. The van der Waals surface area contributed by atoms with Crippen LogP contribution in [0.4, 0.5) is 0 Å². The SMILES string of the molecule is ClC(Cl)C(Cl)(Cl)c1cccc2ccccc12. The van der Waals surface area contributed by atoms with Crippen molar-refractivity contribution in [2.24, 2.45) is 0 Å². The molecule has 2 aromatic carbocycles. The highest BCUT2D eigenvalue weighted by molar-refractivity contribution is 6.59. The second kappa shape index (κ2) is 4.62. The summed E-state index contributed by atoms with van der Waals surface area (Å²) in [5, 5.41) is 2.01. The summed E-state index contributed by atoms with van der Waals surface area (Å²) in [4.78, 5) is -0.887. The van der Waals surface area contributed by atoms with Crippen LogP contribution in [0.1, 0.15) is 5.56 Å². The van der Waals surface area contributed by atoms with E-state index in [0.29, 0.717) is 0 Å². The van der Waals surface area contributed by atoms with Gasteiger partial charge in [-0.15, -0.1) is 23.2 Å². The molecule has 16 heavy (non-hydrogen) atoms. The van der Waals surface area contributed by atoms with Crippen molar-refractivity contribution in [1.82, 2.24) is 0 Å². The zero-order valence-corrected chi connectivity index (χ0v) is 11.2. The van der Waals surface area contributed by atoms with Crippen molar-refractivity contribution in [2.75, 3.05) is 0 Å². The number of halogens is 4. The molecule has 0 spiro atoms. The molecule has 0 aliphatic carbocycles. The quantitative estimate of drug-likeness (QED) is 0.661. The fourth-order valence-electron chi connectivity index (χ4n) is 1.63. The minimum Gasteiger partial charge on any atom is -0.102 e. The minimum absolute atomic E-state index is 0.726. The summed E-state index contributed by atoms with van der Waals surface area (Å²) in [5.74, 6) is 0. The van der Waals surface area contributed by atoms with Crippen LogP contribution in [0.5, 0.6) is 0 Å². The molecule has 84 valence electrons. The van der Waals surface area contributed by atoms with Crippen LogP contribution in [-0.4, -0.2) is 4.84 Å². The molecule has 0 radical (unpaired) electrons. The van der Waals surface area contributed by atoms with Gasteiger partial charge in [-0.1, -0.05) is 65.7 Å². The Kier molecular flexibility index (Phi) is 3.56. The van der Waals surface area contributed by atoms with Crippen molar-refractivity contribution in [3.05, 3.63) is 48.0 Å². The highest BCUT2D eigenvalue weighted by Crippen LogP contribution is 2.44. The fraction of sp³-hybridized carbons (Fsp3) is 0.167. The van der Waals surface area contributed by atoms with Crippen molar-refractivity contribution < 1.29 is 0 Å². The van der Waals surface area contributed by atoms with E-state index in [2.05, 4.69) is 0 Å². The smallest absolute Gasteiger partial charge is 0.102 e. The Labute approximate surface area is 114 Å². The third kappa shape index (κ3) is 2.12. The number of alkyl halides is 4. The summed E-state index contributed by atoms with van der Waals surface area (Å²) in [6.45, 7) is 0. The second-order valence-corrected chi connectivity index (χ2v) is 5.93. The highest BCUT2D eigenvalue weighted by atomic mass is 35.5. The van der Waals surface area contributed by atoms with Gasteiger partial charge in [-0.25, -0.2) is 0 Å². The van der Waals surface area contributed by atoms with Crippen LogP contribution in [0.2, 0.25) is 0 Å². The van der Waals surface area contributed by atoms with Crippen LogP contribution in [0.15, 0.2) is 42.5 Å². The van der Waals surface area contributed by atoms with Gasteiger partial charge in [-0.05, 0) is 16.3 Å². The van der Waals surface area contributed by atoms with E-state index in [1.165, 1.54) is 0 Å². The lowest BCUT2D eigenvalue weighted by Gasteiger charge is -2.22. The van der Waals surface area contributed by atoms with E-state index in [1.54, 1.807) is 0 Å². The molecule has 0 amide bonds. The molecule has 0 nitrogen and oxygen atoms in total. The van der Waals surface area contributed by atoms with E-state index >= 15 is 0 Å². The summed E-state index contributed by atoms with van der Waals surface area (Å²) in [6.07, 6.45) is 0. The first-order valence-electron chi connectivity index (χ1n) is 4.67. The largest absolute Gasteiger partial charge is 0.173 e. The average molecular weight is 294 g/mol. The molecule has 0 aliphatic heterocycles. The maximum Gasteiger partial charge on any atom is 0.173 e. The summed E-state index contributed by atoms with van der Waals surface area (Å²) >= 11 is 24.0. The predicted molar refractivity (Wildman–Crippen MR) is 72.8 cm³/mol. The minimum atomic E-state index is -1.30. The van der Waals surface area contributed by atoms with Gasteiger partial charge in [0.05, 0.1) is 0 Å². The molecule has 0 saturated heterocycles. The van der Waals surface area contributed by atoms with E-state index in [1.807, 2.05) is 42.5 Å². The van der Waals surface area contributed by atoms with Crippen LogP contribution >= 0.6 is 46.4 Å². The highest BCUT2D eigenvalue weighted by Gasteiger charge is 2.35. The molecule has 0 N–H and O–H groups in total. The van der Waals surface area contributed by atoms with Gasteiger partial charge in [-0.2, -0.15) is 0 Å². The molecule has 0 saturated carbocycles. The molecule has 2 rings (SSSR count). The number of hydrogen-bond donors (Lipinski definition) is 0. The van der Waals surface area contributed by atoms with Crippen LogP contribution in [0, 0.1) is 0 Å². The molecule has 0 atom stereocenters. The molecule has 0 aliphatic rings. The second-order valence-electron chi connectivity index (χ2n) is 3.45. The van der Waals surface area contributed by atoms with Gasteiger partial charge in [0.25, 0.3) is 0 Å². The lowest BCUT2D eigenvalue weighted by molar-refractivity contribution is 0.945. The Bertz CT molecular complexity index is 500. The summed E-state index contributed by atoms with van der Waals surface area (Å²) in [5.41, 5.74) is 0.726. The fourth-order valence-corrected chi connectivity index (χ4v) is 2.20. The van der Waals surface area contributed by atoms with E-state index < -0.39 is 9.17 Å². The topological polar surface area (TPSA) is 0 Å². The first kappa shape index (κ1) is 12.3. The molecular weight excluding hydrogens is 286 g/mol. The maximum atomic E-state index is 6.18. The Hall–Kier alpha value is -0.140. The van der Waals surface area contributed by atoms with Gasteiger partial charge in [-0.3, -0.25) is 0 Å². The van der Waals surface area contributed by atoms with Gasteiger partial charge >= 0.3 is 0 Å². The molecule has 0 heterocycles. The van der Waals surface area contributed by atoms with Crippen molar-refractivity contribution in [3.8, 4) is 0 Å². The molecule has 4 heteroatoms. The van der Waals surface area contributed by atoms with Gasteiger partial charge < -0.3 is 0 Å². The van der Waals surface area contributed by atoms with Gasteiger partial charge in [0, 0.05) is 0 Å². The lowest BCUT2D eigenvalue weighted by atomic mass is 10.0. The number of benzene rings is 2. The molecule has 0 bridgehead atoms. The summed E-state index contributed by atoms with van der Waals surface area (Å²) in [7, 11) is 0. The van der Waals surface area contributed by atoms with Gasteiger partial charge in [0.2, 0.25) is 0 Å². The van der Waals surface area contributed by atoms with Crippen LogP contribution in [0.25, 0.3) is 10.8 Å². The zero-order valence-electron chi connectivity index (χ0n) is 8.13. The standard InChI is InChI=1S/C12H8Cl4/c13-11(14)12(15,16)10-7-3-5-8-4-1-2-6-9(8)10/h1-7,11H. The lowest BCUT2D eigenvalue weighted by Crippen LogP contribution is -2.19. The zero-order chi connectivity index (χ0) is 11.8. The third-order valence-corrected chi connectivity index (χ3v) is 4.37. The number of rotatable bonds is 2. The molecule has 0 fully saturated rings. The Morgan fingerprint density at radius 2 is 1.50 bits per heavy atom. The van der Waals surface area contributed by atoms with Crippen molar-refractivity contribution in [2.45, 2.75) is 9.17 Å². The maximum absolute atomic E-state index is 6.18. The first-order valence-corrected chi connectivity index (χ1v) is 6.30.